The Kier molecular flexibility index (Phi) is 5.79. The van der Waals surface area contributed by atoms with Gasteiger partial charge in [0, 0.05) is 15.4 Å². The molecule has 27 heavy (non-hydrogen) atoms. The van der Waals surface area contributed by atoms with Crippen LogP contribution in [0.5, 0.6) is 0 Å². The van der Waals surface area contributed by atoms with Crippen LogP contribution >= 0.6 is 15.9 Å². The van der Waals surface area contributed by atoms with Crippen LogP contribution in [0.2, 0.25) is 0 Å². The molecule has 6 heteroatoms. The van der Waals surface area contributed by atoms with E-state index < -0.39 is 0 Å². The summed E-state index contributed by atoms with van der Waals surface area (Å²) in [5, 5.41) is 5.89. The summed E-state index contributed by atoms with van der Waals surface area (Å²) in [6.45, 7) is 8.95. The van der Waals surface area contributed by atoms with E-state index >= 15 is 0 Å². The summed E-state index contributed by atoms with van der Waals surface area (Å²) in [5.74, 6) is 0. The summed E-state index contributed by atoms with van der Waals surface area (Å²) in [7, 11) is 0. The molecule has 1 heterocycles. The number of rotatable bonds is 5. The van der Waals surface area contributed by atoms with Gasteiger partial charge in [0.2, 0.25) is 0 Å². The van der Waals surface area contributed by atoms with Crippen LogP contribution < -0.4 is 5.56 Å². The zero-order valence-electron chi connectivity index (χ0n) is 16.0. The van der Waals surface area contributed by atoms with Crippen molar-refractivity contribution in [1.29, 1.82) is 0 Å². The van der Waals surface area contributed by atoms with Crippen LogP contribution in [0.4, 0.5) is 0 Å². The summed E-state index contributed by atoms with van der Waals surface area (Å²) in [5.41, 5.74) is 2.48. The second-order valence-corrected chi connectivity index (χ2v) is 8.17. The van der Waals surface area contributed by atoms with Crippen LogP contribution in [0.15, 0.2) is 51.9 Å². The van der Waals surface area contributed by atoms with Gasteiger partial charge < -0.3 is 0 Å². The molecule has 0 amide bonds. The largest absolute Gasteiger partial charge is 0.279 e. The fraction of sp³-hybridized carbons (Fsp3) is 0.333. The van der Waals surface area contributed by atoms with Gasteiger partial charge in [-0.2, -0.15) is 9.78 Å². The Bertz CT molecular complexity index is 1020. The lowest BCUT2D eigenvalue weighted by Crippen LogP contribution is -2.23. The van der Waals surface area contributed by atoms with E-state index in [1.54, 1.807) is 6.20 Å². The van der Waals surface area contributed by atoms with Crippen LogP contribution in [0, 0.1) is 0 Å². The summed E-state index contributed by atoms with van der Waals surface area (Å²) in [6, 6.07) is 11.5. The summed E-state index contributed by atoms with van der Waals surface area (Å²) in [6.07, 6.45) is 1.74. The molecule has 0 atom stereocenters. The zero-order chi connectivity index (χ0) is 19.6. The van der Waals surface area contributed by atoms with Crippen LogP contribution in [0.25, 0.3) is 16.5 Å². The van der Waals surface area contributed by atoms with Gasteiger partial charge in [-0.3, -0.25) is 4.79 Å². The molecule has 0 unspecified atom stereocenters. The van der Waals surface area contributed by atoms with E-state index in [2.05, 4.69) is 41.8 Å². The highest BCUT2D eigenvalue weighted by atomic mass is 79.9. The second kappa shape index (κ2) is 7.92. The van der Waals surface area contributed by atoms with Gasteiger partial charge in [-0.15, -0.1) is 0 Å². The maximum Gasteiger partial charge on any atom is 0.279 e. The fourth-order valence-electron chi connectivity index (χ4n) is 2.86. The minimum absolute atomic E-state index is 0.0110. The minimum atomic E-state index is -0.163. The van der Waals surface area contributed by atoms with E-state index in [9.17, 15) is 4.79 Å². The summed E-state index contributed by atoms with van der Waals surface area (Å²) < 4.78 is 2.24. The Morgan fingerprint density at radius 3 is 2.63 bits per heavy atom. The monoisotopic (exact) mass is 430 g/mol. The Morgan fingerprint density at radius 1 is 1.15 bits per heavy atom. The number of aromatic nitrogens is 2. The van der Waals surface area contributed by atoms with Crippen molar-refractivity contribution < 1.29 is 9.78 Å². The number of nitrogens with zero attached hydrogens (tertiary/aromatic N) is 2. The normalized spacial score (nSPS) is 11.9. The SMILES string of the molecule is CCOOCc1c(Br)cccc1-n1ncc2cc(C(C)(C)C)ccc2c1=O. The summed E-state index contributed by atoms with van der Waals surface area (Å²) in [4.78, 5) is 23.3. The molecule has 1 aromatic heterocycles. The van der Waals surface area contributed by atoms with Crippen molar-refractivity contribution in [3.63, 3.8) is 0 Å². The Labute approximate surface area is 167 Å². The standard InChI is InChI=1S/C21H23BrN2O3/c1-5-26-27-13-17-18(22)7-6-8-19(17)24-20(25)16-10-9-15(21(2,3)4)11-14(16)12-23-24/h6-12H,5,13H2,1-4H3. The molecular formula is C21H23BrN2O3. The van der Waals surface area contributed by atoms with Crippen LogP contribution in [-0.2, 0) is 21.8 Å². The number of benzene rings is 2. The third-order valence-corrected chi connectivity index (χ3v) is 5.12. The molecule has 0 N–H and O–H groups in total. The number of fused-ring (bicyclic) bond motifs is 1. The van der Waals surface area contributed by atoms with Crippen LogP contribution in [0.1, 0.15) is 38.8 Å². The maximum atomic E-state index is 13.1. The van der Waals surface area contributed by atoms with Gasteiger partial charge in [0.1, 0.15) is 6.61 Å². The van der Waals surface area contributed by atoms with Gasteiger partial charge >= 0.3 is 0 Å². The van der Waals surface area contributed by atoms with Crippen LogP contribution in [-0.4, -0.2) is 16.4 Å². The molecule has 0 saturated heterocycles. The van der Waals surface area contributed by atoms with Crippen molar-refractivity contribution in [2.24, 2.45) is 0 Å². The molecule has 0 aliphatic heterocycles. The number of halogens is 1. The average Bonchev–Trinajstić information content (AvgIpc) is 2.63. The first-order valence-electron chi connectivity index (χ1n) is 8.87. The molecule has 0 saturated carbocycles. The quantitative estimate of drug-likeness (QED) is 0.327. The molecule has 0 spiro atoms. The summed E-state index contributed by atoms with van der Waals surface area (Å²) >= 11 is 3.52. The Hall–Kier alpha value is -2.02. The number of hydrogen-bond donors (Lipinski definition) is 0. The van der Waals surface area contributed by atoms with Crippen molar-refractivity contribution in [3.8, 4) is 5.69 Å². The van der Waals surface area contributed by atoms with Gasteiger partial charge in [-0.25, -0.2) is 9.78 Å². The van der Waals surface area contributed by atoms with E-state index in [0.717, 1.165) is 15.4 Å². The lowest BCUT2D eigenvalue weighted by molar-refractivity contribution is -0.300. The third-order valence-electron chi connectivity index (χ3n) is 4.38. The highest BCUT2D eigenvalue weighted by molar-refractivity contribution is 9.10. The molecule has 142 valence electrons. The molecule has 0 aliphatic rings. The lowest BCUT2D eigenvalue weighted by atomic mass is 9.86. The van der Waals surface area contributed by atoms with Gasteiger partial charge in [0.25, 0.3) is 5.56 Å². The van der Waals surface area contributed by atoms with Crippen molar-refractivity contribution in [3.05, 3.63) is 68.5 Å². The highest BCUT2D eigenvalue weighted by Gasteiger charge is 2.17. The molecule has 0 bridgehead atoms. The third kappa shape index (κ3) is 4.13. The molecule has 2 aromatic carbocycles. The predicted octanol–water partition coefficient (Wildman–Crippen LogP) is 4.91. The first-order valence-corrected chi connectivity index (χ1v) is 9.67. The van der Waals surface area contributed by atoms with E-state index in [4.69, 9.17) is 9.78 Å². The zero-order valence-corrected chi connectivity index (χ0v) is 17.5. The fourth-order valence-corrected chi connectivity index (χ4v) is 3.33. The molecule has 0 aliphatic carbocycles. The van der Waals surface area contributed by atoms with E-state index in [1.165, 1.54) is 10.2 Å². The first-order chi connectivity index (χ1) is 12.8. The van der Waals surface area contributed by atoms with Crippen molar-refractivity contribution in [2.45, 2.75) is 39.7 Å². The van der Waals surface area contributed by atoms with Gasteiger partial charge in [0.15, 0.2) is 0 Å². The Balaban J connectivity index is 2.12. The van der Waals surface area contributed by atoms with Crippen molar-refractivity contribution in [2.75, 3.05) is 6.61 Å². The lowest BCUT2D eigenvalue weighted by Gasteiger charge is -2.19. The van der Waals surface area contributed by atoms with E-state index in [0.29, 0.717) is 17.7 Å². The molecule has 0 fully saturated rings. The van der Waals surface area contributed by atoms with Crippen molar-refractivity contribution in [1.82, 2.24) is 9.78 Å². The van der Waals surface area contributed by atoms with Crippen molar-refractivity contribution >= 4 is 26.7 Å². The minimum Gasteiger partial charge on any atom is -0.267 e. The van der Waals surface area contributed by atoms with Gasteiger partial charge in [0.05, 0.1) is 23.9 Å². The molecular weight excluding hydrogens is 408 g/mol. The van der Waals surface area contributed by atoms with E-state index in [1.807, 2.05) is 43.3 Å². The second-order valence-electron chi connectivity index (χ2n) is 7.32. The van der Waals surface area contributed by atoms with Gasteiger partial charge in [-0.05, 0) is 42.2 Å². The molecule has 3 rings (SSSR count). The van der Waals surface area contributed by atoms with E-state index in [-0.39, 0.29) is 17.6 Å². The first kappa shape index (κ1) is 19.7. The Morgan fingerprint density at radius 2 is 1.93 bits per heavy atom. The molecule has 5 nitrogen and oxygen atoms in total. The number of hydrogen-bond acceptors (Lipinski definition) is 4. The topological polar surface area (TPSA) is 53.4 Å². The smallest absolute Gasteiger partial charge is 0.267 e. The van der Waals surface area contributed by atoms with Gasteiger partial charge in [-0.1, -0.05) is 48.8 Å². The van der Waals surface area contributed by atoms with Crippen LogP contribution in [0.3, 0.4) is 0 Å². The predicted molar refractivity (Wildman–Crippen MR) is 110 cm³/mol. The average molecular weight is 431 g/mol. The highest BCUT2D eigenvalue weighted by Crippen LogP contribution is 2.26. The molecule has 0 radical (unpaired) electrons. The maximum absolute atomic E-state index is 13.1. The molecule has 3 aromatic rings.